The van der Waals surface area contributed by atoms with Gasteiger partial charge in [-0.05, 0) is 54.9 Å². The molecule has 2 N–H and O–H groups in total. The van der Waals surface area contributed by atoms with Gasteiger partial charge in [0.05, 0.1) is 17.4 Å². The first-order valence-corrected chi connectivity index (χ1v) is 9.82. The normalized spacial score (nSPS) is 10.4. The Balaban J connectivity index is 2.04. The molecule has 0 fully saturated rings. The van der Waals surface area contributed by atoms with Gasteiger partial charge in [-0.2, -0.15) is 0 Å². The zero-order valence-electron chi connectivity index (χ0n) is 12.4. The quantitative estimate of drug-likeness (QED) is 0.473. The van der Waals surface area contributed by atoms with Gasteiger partial charge in [0.15, 0.2) is 5.11 Å². The Kier molecular flexibility index (Phi) is 7.49. The van der Waals surface area contributed by atoms with Gasteiger partial charge in [-0.1, -0.05) is 17.7 Å². The van der Waals surface area contributed by atoms with Crippen LogP contribution >= 0.6 is 47.3 Å². The third kappa shape index (κ3) is 5.88. The highest BCUT2D eigenvalue weighted by Gasteiger charge is 2.06. The molecule has 0 amide bonds. The third-order valence-corrected chi connectivity index (χ3v) is 5.06. The van der Waals surface area contributed by atoms with Crippen LogP contribution in [0.2, 0.25) is 5.02 Å². The summed E-state index contributed by atoms with van der Waals surface area (Å²) < 4.78 is 12.3. The van der Waals surface area contributed by atoms with Gasteiger partial charge in [-0.15, -0.1) is 23.5 Å². The van der Waals surface area contributed by atoms with E-state index in [1.54, 1.807) is 17.8 Å². The summed E-state index contributed by atoms with van der Waals surface area (Å²) in [4.78, 5) is 2.10. The molecule has 0 radical (unpaired) electrons. The average Bonchev–Trinajstić information content (AvgIpc) is 2.55. The van der Waals surface area contributed by atoms with Gasteiger partial charge in [0.25, 0.3) is 0 Å². The smallest absolute Gasteiger partial charge is 0.175 e. The maximum Gasteiger partial charge on any atom is 0.175 e. The summed E-state index contributed by atoms with van der Waals surface area (Å²) >= 11 is 14.6. The van der Waals surface area contributed by atoms with Crippen LogP contribution in [0.25, 0.3) is 0 Å². The van der Waals surface area contributed by atoms with E-state index in [1.165, 1.54) is 11.8 Å². The molecule has 0 aliphatic rings. The molecule has 7 heteroatoms. The lowest BCUT2D eigenvalue weighted by Crippen LogP contribution is -2.19. The molecule has 0 aliphatic heterocycles. The topological polar surface area (TPSA) is 24.1 Å². The molecule has 0 aliphatic carbocycles. The van der Waals surface area contributed by atoms with Crippen molar-refractivity contribution in [2.75, 3.05) is 29.3 Å². The van der Waals surface area contributed by atoms with E-state index >= 15 is 0 Å². The van der Waals surface area contributed by atoms with E-state index in [9.17, 15) is 4.39 Å². The molecule has 0 spiro atoms. The lowest BCUT2D eigenvalue weighted by atomic mass is 10.3. The number of thioether (sulfide) groups is 2. The first-order chi connectivity index (χ1) is 11.1. The average molecular weight is 387 g/mol. The molecular formula is C16H16ClFN2S3. The van der Waals surface area contributed by atoms with Gasteiger partial charge in [-0.25, -0.2) is 0 Å². The number of hydrogen-bond acceptors (Lipinski definition) is 3. The van der Waals surface area contributed by atoms with E-state index < -0.39 is 0 Å². The highest BCUT2D eigenvalue weighted by molar-refractivity contribution is 7.99. The number of hydrogen-bond donors (Lipinski definition) is 2. The van der Waals surface area contributed by atoms with Crippen LogP contribution in [-0.2, 0) is 0 Å². The number of anilines is 2. The molecular weight excluding hydrogens is 371 g/mol. The molecule has 2 rings (SSSR count). The van der Waals surface area contributed by atoms with Crippen molar-refractivity contribution in [2.24, 2.45) is 0 Å². The molecule has 23 heavy (non-hydrogen) atoms. The molecule has 0 atom stereocenters. The molecule has 0 saturated heterocycles. The fourth-order valence-corrected chi connectivity index (χ4v) is 3.36. The van der Waals surface area contributed by atoms with Gasteiger partial charge >= 0.3 is 0 Å². The molecule has 0 saturated carbocycles. The van der Waals surface area contributed by atoms with Gasteiger partial charge in [0.1, 0.15) is 0 Å². The van der Waals surface area contributed by atoms with E-state index in [2.05, 4.69) is 10.6 Å². The molecule has 0 bridgehead atoms. The Morgan fingerprint density at radius 2 is 2.00 bits per heavy atom. The molecule has 0 heterocycles. The van der Waals surface area contributed by atoms with Crippen molar-refractivity contribution in [3.05, 3.63) is 47.5 Å². The van der Waals surface area contributed by atoms with E-state index in [0.717, 1.165) is 15.5 Å². The standard InChI is InChI=1S/C16H16ClFN2S3/c1-22-12-4-2-3-11(9-12)19-16(21)20-15-10-13(23-8-7-18)5-6-14(15)17/h2-6,9-10H,7-8H2,1H3,(H2,19,20,21). The van der Waals surface area contributed by atoms with Crippen LogP contribution in [0.5, 0.6) is 0 Å². The number of halogens is 2. The van der Waals surface area contributed by atoms with Crippen LogP contribution in [0.4, 0.5) is 15.8 Å². The van der Waals surface area contributed by atoms with Crippen LogP contribution in [-0.4, -0.2) is 23.8 Å². The summed E-state index contributed by atoms with van der Waals surface area (Å²) in [5, 5.41) is 7.25. The highest BCUT2D eigenvalue weighted by Crippen LogP contribution is 2.28. The summed E-state index contributed by atoms with van der Waals surface area (Å²) in [6.07, 6.45) is 2.02. The SMILES string of the molecule is CSc1cccc(NC(=S)Nc2cc(SCCF)ccc2Cl)c1. The summed E-state index contributed by atoms with van der Waals surface area (Å²) in [5.41, 5.74) is 1.61. The predicted molar refractivity (Wildman–Crippen MR) is 106 cm³/mol. The van der Waals surface area contributed by atoms with Crippen LogP contribution in [0.3, 0.4) is 0 Å². The minimum absolute atomic E-state index is 0.359. The Morgan fingerprint density at radius 3 is 2.74 bits per heavy atom. The Bertz CT molecular complexity index is 682. The fraction of sp³-hybridized carbons (Fsp3) is 0.188. The fourth-order valence-electron chi connectivity index (χ4n) is 1.83. The van der Waals surface area contributed by atoms with Crippen molar-refractivity contribution in [1.29, 1.82) is 0 Å². The second-order valence-corrected chi connectivity index (χ2v) is 7.35. The van der Waals surface area contributed by atoms with Gasteiger partial charge in [0, 0.05) is 21.2 Å². The minimum atomic E-state index is -0.359. The lowest BCUT2D eigenvalue weighted by molar-refractivity contribution is 0.533. The molecule has 0 aromatic heterocycles. The van der Waals surface area contributed by atoms with Crippen LogP contribution in [0, 0.1) is 0 Å². The number of thiocarbonyl (C=S) groups is 1. The summed E-state index contributed by atoms with van der Waals surface area (Å²) in [6.45, 7) is -0.359. The Morgan fingerprint density at radius 1 is 1.17 bits per heavy atom. The molecule has 0 unspecified atom stereocenters. The van der Waals surface area contributed by atoms with Gasteiger partial charge < -0.3 is 10.6 Å². The monoisotopic (exact) mass is 386 g/mol. The third-order valence-electron chi connectivity index (χ3n) is 2.86. The Hall–Kier alpha value is -0.950. The number of rotatable bonds is 6. The number of alkyl halides is 1. The minimum Gasteiger partial charge on any atom is -0.332 e. The van der Waals surface area contributed by atoms with Crippen LogP contribution in [0.1, 0.15) is 0 Å². The maximum absolute atomic E-state index is 12.3. The van der Waals surface area contributed by atoms with Crippen LogP contribution in [0.15, 0.2) is 52.3 Å². The zero-order valence-corrected chi connectivity index (χ0v) is 15.6. The zero-order chi connectivity index (χ0) is 16.7. The number of benzene rings is 2. The molecule has 2 aromatic carbocycles. The van der Waals surface area contributed by atoms with Crippen molar-refractivity contribution in [1.82, 2.24) is 0 Å². The van der Waals surface area contributed by atoms with E-state index in [4.69, 9.17) is 23.8 Å². The van der Waals surface area contributed by atoms with Crippen LogP contribution < -0.4 is 10.6 Å². The Labute approximate surface area is 154 Å². The van der Waals surface area contributed by atoms with E-state index in [0.29, 0.717) is 21.6 Å². The lowest BCUT2D eigenvalue weighted by Gasteiger charge is -2.13. The van der Waals surface area contributed by atoms with Crippen molar-refractivity contribution < 1.29 is 4.39 Å². The molecule has 2 nitrogen and oxygen atoms in total. The molecule has 122 valence electrons. The largest absolute Gasteiger partial charge is 0.332 e. The van der Waals surface area contributed by atoms with E-state index in [-0.39, 0.29) is 6.67 Å². The summed E-state index contributed by atoms with van der Waals surface area (Å²) in [5.74, 6) is 0.422. The van der Waals surface area contributed by atoms with Crippen molar-refractivity contribution >= 4 is 63.8 Å². The van der Waals surface area contributed by atoms with Crippen molar-refractivity contribution in [3.63, 3.8) is 0 Å². The van der Waals surface area contributed by atoms with E-state index in [1.807, 2.05) is 42.7 Å². The summed E-state index contributed by atoms with van der Waals surface area (Å²) in [6, 6.07) is 13.5. The highest BCUT2D eigenvalue weighted by atomic mass is 35.5. The second-order valence-electron chi connectivity index (χ2n) is 4.49. The maximum atomic E-state index is 12.3. The predicted octanol–water partition coefficient (Wildman–Crippen LogP) is 5.93. The van der Waals surface area contributed by atoms with Gasteiger partial charge in [-0.3, -0.25) is 4.39 Å². The van der Waals surface area contributed by atoms with Crippen molar-refractivity contribution in [2.45, 2.75) is 9.79 Å². The first-order valence-electron chi connectivity index (χ1n) is 6.82. The van der Waals surface area contributed by atoms with Gasteiger partial charge in [0.2, 0.25) is 0 Å². The molecule has 2 aromatic rings. The van der Waals surface area contributed by atoms with Crippen molar-refractivity contribution in [3.8, 4) is 0 Å². The first kappa shape index (κ1) is 18.4. The number of nitrogens with one attached hydrogen (secondary N) is 2. The second kappa shape index (κ2) is 9.37. The summed E-state index contributed by atoms with van der Waals surface area (Å²) in [7, 11) is 0.